The van der Waals surface area contributed by atoms with Crippen molar-refractivity contribution in [2.75, 3.05) is 67.8 Å². The minimum absolute atomic E-state index is 0.142. The number of para-hydroxylation sites is 2. The Kier molecular flexibility index (Phi) is 11.8. The van der Waals surface area contributed by atoms with Crippen molar-refractivity contribution in [1.82, 2.24) is 10.6 Å². The van der Waals surface area contributed by atoms with E-state index in [4.69, 9.17) is 33.2 Å². The third-order valence-corrected chi connectivity index (χ3v) is 6.92. The van der Waals surface area contributed by atoms with E-state index in [9.17, 15) is 5.11 Å². The molecule has 0 aromatic heterocycles. The smallest absolute Gasteiger partial charge is 0.203 e. The number of hydrogen-bond donors (Lipinski definition) is 3. The number of hydrogen-bond acceptors (Lipinski definition) is 10. The van der Waals surface area contributed by atoms with Crippen molar-refractivity contribution in [1.29, 1.82) is 0 Å². The molecular weight excluding hydrogens is 540 g/mol. The minimum Gasteiger partial charge on any atom is -0.493 e. The summed E-state index contributed by atoms with van der Waals surface area (Å²) in [5.41, 5.74) is 2.05. The summed E-state index contributed by atoms with van der Waals surface area (Å²) in [5.74, 6) is 4.64. The van der Waals surface area contributed by atoms with Gasteiger partial charge in [-0.15, -0.1) is 0 Å². The van der Waals surface area contributed by atoms with E-state index in [1.807, 2.05) is 54.6 Å². The highest BCUT2D eigenvalue weighted by Gasteiger charge is 2.24. The fourth-order valence-corrected chi connectivity index (χ4v) is 4.78. The lowest BCUT2D eigenvalue weighted by Crippen LogP contribution is -2.40. The SMILES string of the molecule is COc1ccc(CCNCC(O)Cc2cccc3c2OCC(CNCCOc2c(OC)cccc2OC)O3)cc1OC. The summed E-state index contributed by atoms with van der Waals surface area (Å²) in [7, 11) is 6.46. The Bertz CT molecular complexity index is 1250. The van der Waals surface area contributed by atoms with Crippen molar-refractivity contribution in [3.8, 4) is 40.2 Å². The van der Waals surface area contributed by atoms with E-state index in [0.717, 1.165) is 24.1 Å². The highest BCUT2D eigenvalue weighted by molar-refractivity contribution is 5.51. The van der Waals surface area contributed by atoms with Gasteiger partial charge < -0.3 is 48.9 Å². The maximum atomic E-state index is 10.7. The third-order valence-electron chi connectivity index (χ3n) is 6.92. The number of nitrogens with one attached hydrogen (secondary N) is 2. The van der Waals surface area contributed by atoms with Gasteiger partial charge in [-0.2, -0.15) is 0 Å². The van der Waals surface area contributed by atoms with Crippen LogP contribution in [-0.4, -0.2) is 85.1 Å². The van der Waals surface area contributed by atoms with Crippen LogP contribution in [0.3, 0.4) is 0 Å². The zero-order valence-electron chi connectivity index (χ0n) is 24.8. The Morgan fingerprint density at radius 2 is 1.60 bits per heavy atom. The highest BCUT2D eigenvalue weighted by Crippen LogP contribution is 2.37. The maximum absolute atomic E-state index is 10.7. The first-order chi connectivity index (χ1) is 20.6. The molecule has 3 aromatic rings. The van der Waals surface area contributed by atoms with Gasteiger partial charge in [-0.05, 0) is 48.9 Å². The number of fused-ring (bicyclic) bond motifs is 1. The number of rotatable bonds is 17. The quantitative estimate of drug-likeness (QED) is 0.205. The lowest BCUT2D eigenvalue weighted by atomic mass is 10.1. The Balaban J connectivity index is 1.18. The minimum atomic E-state index is -0.563. The van der Waals surface area contributed by atoms with Crippen LogP contribution in [0, 0.1) is 0 Å². The molecule has 10 heteroatoms. The van der Waals surface area contributed by atoms with Crippen LogP contribution in [-0.2, 0) is 12.8 Å². The van der Waals surface area contributed by atoms with Crippen LogP contribution >= 0.6 is 0 Å². The second-order valence-corrected chi connectivity index (χ2v) is 9.84. The first kappa shape index (κ1) is 31.1. The van der Waals surface area contributed by atoms with Crippen LogP contribution in [0.5, 0.6) is 40.2 Å². The van der Waals surface area contributed by atoms with E-state index in [-0.39, 0.29) is 6.10 Å². The molecule has 1 aliphatic heterocycles. The Morgan fingerprint density at radius 3 is 2.33 bits per heavy atom. The van der Waals surface area contributed by atoms with Gasteiger partial charge in [0, 0.05) is 31.6 Å². The predicted octanol–water partition coefficient (Wildman–Crippen LogP) is 3.27. The van der Waals surface area contributed by atoms with E-state index in [1.165, 1.54) is 0 Å². The Morgan fingerprint density at radius 1 is 0.857 bits per heavy atom. The molecule has 1 heterocycles. The van der Waals surface area contributed by atoms with Gasteiger partial charge in [0.05, 0.1) is 34.5 Å². The Hall–Kier alpha value is -3.86. The van der Waals surface area contributed by atoms with E-state index in [1.54, 1.807) is 28.4 Å². The molecule has 228 valence electrons. The van der Waals surface area contributed by atoms with Crippen LogP contribution in [0.2, 0.25) is 0 Å². The average molecular weight is 583 g/mol. The zero-order valence-corrected chi connectivity index (χ0v) is 24.8. The van der Waals surface area contributed by atoms with Crippen molar-refractivity contribution in [3.63, 3.8) is 0 Å². The van der Waals surface area contributed by atoms with Gasteiger partial charge in [0.25, 0.3) is 0 Å². The molecule has 2 unspecified atom stereocenters. The van der Waals surface area contributed by atoms with Gasteiger partial charge in [-0.1, -0.05) is 24.3 Å². The zero-order chi connectivity index (χ0) is 29.7. The molecule has 0 saturated carbocycles. The van der Waals surface area contributed by atoms with Crippen LogP contribution in [0.15, 0.2) is 54.6 Å². The van der Waals surface area contributed by atoms with Gasteiger partial charge in [-0.3, -0.25) is 0 Å². The summed E-state index contributed by atoms with van der Waals surface area (Å²) in [6, 6.07) is 17.2. The molecule has 0 fully saturated rings. The van der Waals surface area contributed by atoms with Gasteiger partial charge in [0.1, 0.15) is 19.3 Å². The molecule has 1 aliphatic rings. The Labute approximate surface area is 247 Å². The van der Waals surface area contributed by atoms with E-state index in [0.29, 0.717) is 79.5 Å². The number of aliphatic hydroxyl groups is 1. The predicted molar refractivity (Wildman–Crippen MR) is 160 cm³/mol. The third kappa shape index (κ3) is 8.34. The molecule has 0 saturated heterocycles. The lowest BCUT2D eigenvalue weighted by Gasteiger charge is -2.28. The normalized spacial score (nSPS) is 14.6. The second-order valence-electron chi connectivity index (χ2n) is 9.84. The summed E-state index contributed by atoms with van der Waals surface area (Å²) in [5, 5.41) is 17.4. The topological polar surface area (TPSA) is 109 Å². The van der Waals surface area contributed by atoms with Crippen LogP contribution in [0.1, 0.15) is 11.1 Å². The molecular formula is C32H42N2O8. The summed E-state index contributed by atoms with van der Waals surface area (Å²) in [6.07, 6.45) is 0.562. The highest BCUT2D eigenvalue weighted by atomic mass is 16.6. The maximum Gasteiger partial charge on any atom is 0.203 e. The molecule has 0 bridgehead atoms. The summed E-state index contributed by atoms with van der Waals surface area (Å²) < 4.78 is 39.6. The van der Waals surface area contributed by atoms with Crippen LogP contribution < -0.4 is 43.8 Å². The molecule has 4 rings (SSSR count). The van der Waals surface area contributed by atoms with Crippen molar-refractivity contribution in [2.45, 2.75) is 25.0 Å². The number of methoxy groups -OCH3 is 4. The summed E-state index contributed by atoms with van der Waals surface area (Å²) >= 11 is 0. The van der Waals surface area contributed by atoms with Crippen molar-refractivity contribution < 1.29 is 38.3 Å². The molecule has 2 atom stereocenters. The monoisotopic (exact) mass is 582 g/mol. The molecule has 3 N–H and O–H groups in total. The average Bonchev–Trinajstić information content (AvgIpc) is 3.02. The van der Waals surface area contributed by atoms with Gasteiger partial charge in [0.15, 0.2) is 34.5 Å². The van der Waals surface area contributed by atoms with Crippen molar-refractivity contribution in [2.24, 2.45) is 0 Å². The molecule has 42 heavy (non-hydrogen) atoms. The molecule has 0 spiro atoms. The number of benzene rings is 3. The fourth-order valence-electron chi connectivity index (χ4n) is 4.78. The van der Waals surface area contributed by atoms with Crippen LogP contribution in [0.4, 0.5) is 0 Å². The molecule has 0 aliphatic carbocycles. The largest absolute Gasteiger partial charge is 0.493 e. The molecule has 0 amide bonds. The molecule has 10 nitrogen and oxygen atoms in total. The van der Waals surface area contributed by atoms with E-state index >= 15 is 0 Å². The molecule has 0 radical (unpaired) electrons. The van der Waals surface area contributed by atoms with Crippen LogP contribution in [0.25, 0.3) is 0 Å². The number of aliphatic hydroxyl groups excluding tert-OH is 1. The first-order valence-electron chi connectivity index (χ1n) is 14.1. The lowest BCUT2D eigenvalue weighted by molar-refractivity contribution is 0.0874. The van der Waals surface area contributed by atoms with Gasteiger partial charge in [0.2, 0.25) is 5.75 Å². The summed E-state index contributed by atoms with van der Waals surface area (Å²) in [4.78, 5) is 0. The van der Waals surface area contributed by atoms with Gasteiger partial charge in [-0.25, -0.2) is 0 Å². The second kappa shape index (κ2) is 16.0. The van der Waals surface area contributed by atoms with E-state index < -0.39 is 6.10 Å². The van der Waals surface area contributed by atoms with Gasteiger partial charge >= 0.3 is 0 Å². The number of ether oxygens (including phenoxy) is 7. The first-order valence-corrected chi connectivity index (χ1v) is 14.1. The van der Waals surface area contributed by atoms with E-state index in [2.05, 4.69) is 10.6 Å². The fraction of sp³-hybridized carbons (Fsp3) is 0.438. The molecule has 3 aromatic carbocycles. The summed E-state index contributed by atoms with van der Waals surface area (Å²) in [6.45, 7) is 3.25. The van der Waals surface area contributed by atoms with Crippen molar-refractivity contribution >= 4 is 0 Å². The van der Waals surface area contributed by atoms with Crippen molar-refractivity contribution in [3.05, 3.63) is 65.7 Å². The standard InChI is InChI=1S/C32H42N2O8/c1-36-26-12-11-22(17-30(26)39-4)13-14-33-19-24(35)18-23-7-5-10-29-31(23)41-21-25(42-29)20-34-15-16-40-32-27(37-2)8-6-9-28(32)38-3/h5-12,17,24-25,33-35H,13-16,18-21H2,1-4H3.